The van der Waals surface area contributed by atoms with E-state index < -0.39 is 5.56 Å². The summed E-state index contributed by atoms with van der Waals surface area (Å²) >= 11 is 7.01. The highest BCUT2D eigenvalue weighted by molar-refractivity contribution is 7.99. The molecule has 3 rings (SSSR count). The van der Waals surface area contributed by atoms with Crippen LogP contribution in [0.2, 0.25) is 5.02 Å². The van der Waals surface area contributed by atoms with Crippen LogP contribution in [-0.2, 0) is 0 Å². The fourth-order valence-corrected chi connectivity index (χ4v) is 2.90. The van der Waals surface area contributed by atoms with Gasteiger partial charge in [0.05, 0.1) is 0 Å². The van der Waals surface area contributed by atoms with Crippen LogP contribution in [0.3, 0.4) is 0 Å². The van der Waals surface area contributed by atoms with Gasteiger partial charge in [0, 0.05) is 15.5 Å². The molecule has 0 aliphatic heterocycles. The molecule has 0 atom stereocenters. The van der Waals surface area contributed by atoms with Crippen molar-refractivity contribution in [1.82, 2.24) is 10.2 Å². The van der Waals surface area contributed by atoms with E-state index in [1.807, 2.05) is 30.3 Å². The average Bonchev–Trinajstić information content (AvgIpc) is 2.54. The third-order valence-corrected chi connectivity index (χ3v) is 4.34. The van der Waals surface area contributed by atoms with Gasteiger partial charge in [0.15, 0.2) is 5.75 Å². The van der Waals surface area contributed by atoms with E-state index in [4.69, 9.17) is 11.6 Å². The van der Waals surface area contributed by atoms with Gasteiger partial charge in [0.2, 0.25) is 0 Å². The smallest absolute Gasteiger partial charge is 0.282 e. The van der Waals surface area contributed by atoms with Gasteiger partial charge in [-0.05, 0) is 24.3 Å². The molecule has 110 valence electrons. The topological polar surface area (TPSA) is 66.0 Å². The lowest BCUT2D eigenvalue weighted by Gasteiger charge is -2.08. The van der Waals surface area contributed by atoms with Crippen molar-refractivity contribution >= 4 is 23.4 Å². The summed E-state index contributed by atoms with van der Waals surface area (Å²) in [6.07, 6.45) is 0. The number of benzene rings is 2. The molecule has 0 unspecified atom stereocenters. The lowest BCUT2D eigenvalue weighted by molar-refractivity contribution is 0.457. The van der Waals surface area contributed by atoms with E-state index >= 15 is 0 Å². The minimum absolute atomic E-state index is 0.130. The Hall–Kier alpha value is -2.24. The molecule has 0 fully saturated rings. The standard InChI is InChI=1S/C16H11ClN2O2S/c17-11-6-8-12(9-7-11)22-15-14(20)13(18-19-16(15)21)10-4-2-1-3-5-10/h1-9H,(H2,19,20,21). The molecule has 0 spiro atoms. The van der Waals surface area contributed by atoms with Crippen molar-refractivity contribution in [3.05, 3.63) is 70.0 Å². The molecule has 1 aromatic heterocycles. The van der Waals surface area contributed by atoms with Crippen molar-refractivity contribution in [2.45, 2.75) is 9.79 Å². The van der Waals surface area contributed by atoms with Crippen LogP contribution in [0.4, 0.5) is 0 Å². The number of nitrogens with one attached hydrogen (secondary N) is 1. The van der Waals surface area contributed by atoms with Gasteiger partial charge in [-0.3, -0.25) is 4.79 Å². The number of hydrogen-bond donors (Lipinski definition) is 2. The Labute approximate surface area is 135 Å². The van der Waals surface area contributed by atoms with Gasteiger partial charge in [-0.2, -0.15) is 5.10 Å². The first-order valence-corrected chi connectivity index (χ1v) is 7.65. The van der Waals surface area contributed by atoms with Gasteiger partial charge in [0.25, 0.3) is 5.56 Å². The number of aromatic amines is 1. The summed E-state index contributed by atoms with van der Waals surface area (Å²) < 4.78 is 0. The lowest BCUT2D eigenvalue weighted by Crippen LogP contribution is -2.11. The van der Waals surface area contributed by atoms with Gasteiger partial charge in [-0.15, -0.1) is 0 Å². The van der Waals surface area contributed by atoms with Gasteiger partial charge >= 0.3 is 0 Å². The lowest BCUT2D eigenvalue weighted by atomic mass is 10.1. The summed E-state index contributed by atoms with van der Waals surface area (Å²) in [5.74, 6) is -0.130. The van der Waals surface area contributed by atoms with Crippen LogP contribution < -0.4 is 5.56 Å². The molecule has 4 nitrogen and oxygen atoms in total. The zero-order chi connectivity index (χ0) is 15.5. The maximum absolute atomic E-state index is 12.0. The van der Waals surface area contributed by atoms with Gasteiger partial charge < -0.3 is 5.11 Å². The number of halogens is 1. The second-order valence-electron chi connectivity index (χ2n) is 4.50. The molecule has 0 aliphatic rings. The van der Waals surface area contributed by atoms with Crippen LogP contribution in [0.5, 0.6) is 5.75 Å². The zero-order valence-corrected chi connectivity index (χ0v) is 12.9. The number of aromatic hydroxyl groups is 1. The van der Waals surface area contributed by atoms with Gasteiger partial charge in [-0.1, -0.05) is 53.7 Å². The summed E-state index contributed by atoms with van der Waals surface area (Å²) in [4.78, 5) is 13.0. The van der Waals surface area contributed by atoms with Crippen molar-refractivity contribution in [2.75, 3.05) is 0 Å². The van der Waals surface area contributed by atoms with Crippen LogP contribution in [0.15, 0.2) is 69.2 Å². The molecule has 2 N–H and O–H groups in total. The van der Waals surface area contributed by atoms with E-state index in [9.17, 15) is 9.90 Å². The van der Waals surface area contributed by atoms with E-state index in [-0.39, 0.29) is 10.6 Å². The average molecular weight is 331 g/mol. The third-order valence-electron chi connectivity index (χ3n) is 3.00. The molecule has 3 aromatic rings. The first-order chi connectivity index (χ1) is 10.6. The van der Waals surface area contributed by atoms with Crippen LogP contribution in [0.25, 0.3) is 11.3 Å². The van der Waals surface area contributed by atoms with E-state index in [1.54, 1.807) is 24.3 Å². The number of nitrogens with zero attached hydrogens (tertiary/aromatic N) is 1. The molecule has 0 radical (unpaired) electrons. The maximum atomic E-state index is 12.0. The molecule has 22 heavy (non-hydrogen) atoms. The molecule has 0 bridgehead atoms. The summed E-state index contributed by atoms with van der Waals surface area (Å²) in [6, 6.07) is 16.2. The van der Waals surface area contributed by atoms with Crippen molar-refractivity contribution in [3.63, 3.8) is 0 Å². The molecule has 6 heteroatoms. The monoisotopic (exact) mass is 330 g/mol. The highest BCUT2D eigenvalue weighted by Crippen LogP contribution is 2.36. The predicted molar refractivity (Wildman–Crippen MR) is 87.5 cm³/mol. The van der Waals surface area contributed by atoms with Crippen molar-refractivity contribution in [2.24, 2.45) is 0 Å². The van der Waals surface area contributed by atoms with Crippen LogP contribution in [0.1, 0.15) is 0 Å². The van der Waals surface area contributed by atoms with Crippen LogP contribution in [0, 0.1) is 0 Å². The molecular formula is C16H11ClN2O2S. The Kier molecular flexibility index (Phi) is 4.18. The maximum Gasteiger partial charge on any atom is 0.282 e. The Morgan fingerprint density at radius 2 is 1.73 bits per heavy atom. The first-order valence-electron chi connectivity index (χ1n) is 6.45. The highest BCUT2D eigenvalue weighted by atomic mass is 35.5. The number of H-pyrrole nitrogens is 1. The Morgan fingerprint density at radius 1 is 1.05 bits per heavy atom. The van der Waals surface area contributed by atoms with E-state index in [0.29, 0.717) is 10.7 Å². The largest absolute Gasteiger partial charge is 0.504 e. The highest BCUT2D eigenvalue weighted by Gasteiger charge is 2.16. The Morgan fingerprint density at radius 3 is 2.41 bits per heavy atom. The molecule has 0 aliphatic carbocycles. The summed E-state index contributed by atoms with van der Waals surface area (Å²) in [5.41, 5.74) is 0.642. The normalized spacial score (nSPS) is 10.6. The molecule has 0 amide bonds. The second kappa shape index (κ2) is 6.25. The third kappa shape index (κ3) is 3.00. The van der Waals surface area contributed by atoms with Gasteiger partial charge in [0.1, 0.15) is 10.6 Å². The number of hydrogen-bond acceptors (Lipinski definition) is 4. The quantitative estimate of drug-likeness (QED) is 0.763. The van der Waals surface area contributed by atoms with E-state index in [2.05, 4.69) is 10.2 Å². The Bertz CT molecular complexity index is 848. The minimum atomic E-state index is -0.433. The van der Waals surface area contributed by atoms with Crippen molar-refractivity contribution in [3.8, 4) is 17.0 Å². The first kappa shape index (κ1) is 14.7. The molecule has 1 heterocycles. The summed E-state index contributed by atoms with van der Waals surface area (Å²) in [6.45, 7) is 0. The van der Waals surface area contributed by atoms with E-state index in [1.165, 1.54) is 11.8 Å². The molecular weight excluding hydrogens is 320 g/mol. The van der Waals surface area contributed by atoms with Crippen molar-refractivity contribution < 1.29 is 5.11 Å². The number of aromatic nitrogens is 2. The van der Waals surface area contributed by atoms with E-state index in [0.717, 1.165) is 10.5 Å². The predicted octanol–water partition coefficient (Wildman–Crippen LogP) is 3.95. The summed E-state index contributed by atoms with van der Waals surface area (Å²) in [7, 11) is 0. The fourth-order valence-electron chi connectivity index (χ4n) is 1.94. The fraction of sp³-hybridized carbons (Fsp3) is 0. The minimum Gasteiger partial charge on any atom is -0.504 e. The van der Waals surface area contributed by atoms with Crippen LogP contribution in [-0.4, -0.2) is 15.3 Å². The van der Waals surface area contributed by atoms with Crippen LogP contribution >= 0.6 is 23.4 Å². The molecule has 0 saturated carbocycles. The molecule has 0 saturated heterocycles. The summed E-state index contributed by atoms with van der Waals surface area (Å²) in [5, 5.41) is 17.4. The molecule has 2 aromatic carbocycles. The SMILES string of the molecule is O=c1[nH]nc(-c2ccccc2)c(O)c1Sc1ccc(Cl)cc1. The Balaban J connectivity index is 2.04. The van der Waals surface area contributed by atoms with Crippen molar-refractivity contribution in [1.29, 1.82) is 0 Å². The van der Waals surface area contributed by atoms with Gasteiger partial charge in [-0.25, -0.2) is 5.10 Å². The zero-order valence-electron chi connectivity index (χ0n) is 11.3. The second-order valence-corrected chi connectivity index (χ2v) is 6.02. The number of rotatable bonds is 3.